The number of fused-ring (bicyclic) bond motifs is 3. The normalized spacial score (nSPS) is 12.2. The van der Waals surface area contributed by atoms with Gasteiger partial charge in [-0.05, 0) is 62.4 Å². The number of benzene rings is 2. The molecule has 0 amide bonds. The van der Waals surface area contributed by atoms with Crippen LogP contribution in [0.4, 0.5) is 11.5 Å². The molecule has 0 saturated carbocycles. The number of methoxy groups -OCH3 is 2. The number of aryl methyl sites for hydroxylation is 4. The number of unbranched alkanes of at least 4 members (excludes halogenated alkanes) is 1. The Morgan fingerprint density at radius 3 is 2.30 bits per heavy atom. The van der Waals surface area contributed by atoms with Crippen molar-refractivity contribution in [1.29, 1.82) is 0 Å². The molecule has 3 aromatic rings. The second kappa shape index (κ2) is 9.30. The first-order valence-electron chi connectivity index (χ1n) is 11.6. The molecular formula is C27H33N3O3. The van der Waals surface area contributed by atoms with Crippen molar-refractivity contribution in [2.75, 3.05) is 25.7 Å². The van der Waals surface area contributed by atoms with Gasteiger partial charge < -0.3 is 14.4 Å². The molecule has 2 aromatic carbocycles. The zero-order valence-electron chi connectivity index (χ0n) is 20.5. The highest BCUT2D eigenvalue weighted by Gasteiger charge is 2.24. The van der Waals surface area contributed by atoms with Crippen LogP contribution in [-0.2, 0) is 13.0 Å². The average molecular weight is 448 g/mol. The molecule has 0 saturated heterocycles. The molecule has 0 fully saturated rings. The number of nitrogens with zero attached hydrogens (tertiary/aromatic N) is 3. The third-order valence-corrected chi connectivity index (χ3v) is 6.40. The zero-order valence-corrected chi connectivity index (χ0v) is 20.5. The van der Waals surface area contributed by atoms with E-state index in [-0.39, 0.29) is 5.69 Å². The molecule has 6 heteroatoms. The number of rotatable bonds is 7. The highest BCUT2D eigenvalue weighted by molar-refractivity contribution is 5.75. The van der Waals surface area contributed by atoms with Crippen LogP contribution in [0.15, 0.2) is 35.1 Å². The lowest BCUT2D eigenvalue weighted by Crippen LogP contribution is -2.31. The molecule has 33 heavy (non-hydrogen) atoms. The van der Waals surface area contributed by atoms with Crippen LogP contribution in [0.3, 0.4) is 0 Å². The van der Waals surface area contributed by atoms with Crippen LogP contribution >= 0.6 is 0 Å². The summed E-state index contributed by atoms with van der Waals surface area (Å²) in [7, 11) is 3.28. The van der Waals surface area contributed by atoms with E-state index in [1.54, 1.807) is 18.8 Å². The highest BCUT2D eigenvalue weighted by Crippen LogP contribution is 2.39. The molecule has 4 rings (SSSR count). The standard InChI is InChI=1S/C27H33N3O3/c1-7-8-10-30(26-18(3)12-17(2)13-19(26)4)25-16-22-21-15-24(33-6)23(32-5)14-20(21)9-11-29(22)27(31)28-25/h12-16H,7-11H2,1-6H3. The van der Waals surface area contributed by atoms with Crippen molar-refractivity contribution in [3.05, 3.63) is 63.1 Å². The molecule has 0 spiro atoms. The molecule has 0 aliphatic carbocycles. The summed E-state index contributed by atoms with van der Waals surface area (Å²) in [5.41, 5.74) is 7.54. The third-order valence-electron chi connectivity index (χ3n) is 6.40. The summed E-state index contributed by atoms with van der Waals surface area (Å²) < 4.78 is 12.8. The van der Waals surface area contributed by atoms with Gasteiger partial charge in [-0.2, -0.15) is 4.98 Å². The summed E-state index contributed by atoms with van der Waals surface area (Å²) in [6, 6.07) is 10.4. The molecule has 6 nitrogen and oxygen atoms in total. The number of anilines is 2. The van der Waals surface area contributed by atoms with Crippen molar-refractivity contribution in [2.24, 2.45) is 0 Å². The van der Waals surface area contributed by atoms with Crippen LogP contribution in [0.1, 0.15) is 42.0 Å². The third kappa shape index (κ3) is 4.22. The Balaban J connectivity index is 1.91. The minimum absolute atomic E-state index is 0.216. The maximum absolute atomic E-state index is 13.2. The van der Waals surface area contributed by atoms with Gasteiger partial charge in [0, 0.05) is 30.4 Å². The predicted octanol–water partition coefficient (Wildman–Crippen LogP) is 5.35. The van der Waals surface area contributed by atoms with Crippen molar-refractivity contribution in [3.8, 4) is 22.8 Å². The Hall–Kier alpha value is -3.28. The first-order chi connectivity index (χ1) is 15.9. The number of ether oxygens (including phenoxy) is 2. The van der Waals surface area contributed by atoms with E-state index in [9.17, 15) is 4.79 Å². The van der Waals surface area contributed by atoms with E-state index < -0.39 is 0 Å². The van der Waals surface area contributed by atoms with E-state index in [0.717, 1.165) is 48.3 Å². The first-order valence-corrected chi connectivity index (χ1v) is 11.6. The first kappa shape index (κ1) is 22.9. The molecule has 0 unspecified atom stereocenters. The van der Waals surface area contributed by atoms with Crippen LogP contribution in [0.25, 0.3) is 11.3 Å². The van der Waals surface area contributed by atoms with Crippen LogP contribution < -0.4 is 20.1 Å². The molecule has 174 valence electrons. The van der Waals surface area contributed by atoms with E-state index in [1.165, 1.54) is 16.7 Å². The van der Waals surface area contributed by atoms with Gasteiger partial charge in [-0.15, -0.1) is 0 Å². The molecule has 0 atom stereocenters. The topological polar surface area (TPSA) is 56.6 Å². The van der Waals surface area contributed by atoms with Crippen molar-refractivity contribution < 1.29 is 9.47 Å². The SMILES string of the molecule is CCCCN(c1cc2n(c(=O)n1)CCc1cc(OC)c(OC)cc1-2)c1c(C)cc(C)cc1C. The summed E-state index contributed by atoms with van der Waals surface area (Å²) in [4.78, 5) is 19.9. The molecule has 0 N–H and O–H groups in total. The smallest absolute Gasteiger partial charge is 0.350 e. The Bertz CT molecular complexity index is 1220. The van der Waals surface area contributed by atoms with Crippen LogP contribution in [0.5, 0.6) is 11.5 Å². The minimum atomic E-state index is -0.216. The highest BCUT2D eigenvalue weighted by atomic mass is 16.5. The zero-order chi connectivity index (χ0) is 23.7. The van der Waals surface area contributed by atoms with E-state index in [0.29, 0.717) is 23.9 Å². The van der Waals surface area contributed by atoms with Crippen LogP contribution in [-0.4, -0.2) is 30.3 Å². The second-order valence-electron chi connectivity index (χ2n) is 8.80. The molecule has 2 heterocycles. The maximum Gasteiger partial charge on any atom is 0.350 e. The quantitative estimate of drug-likeness (QED) is 0.489. The summed E-state index contributed by atoms with van der Waals surface area (Å²) >= 11 is 0. The lowest BCUT2D eigenvalue weighted by atomic mass is 9.96. The monoisotopic (exact) mass is 447 g/mol. The van der Waals surface area contributed by atoms with E-state index in [2.05, 4.69) is 55.8 Å². The Kier molecular flexibility index (Phi) is 6.45. The van der Waals surface area contributed by atoms with E-state index in [4.69, 9.17) is 9.47 Å². The predicted molar refractivity (Wildman–Crippen MR) is 133 cm³/mol. The fourth-order valence-corrected chi connectivity index (χ4v) is 4.93. The van der Waals surface area contributed by atoms with Gasteiger partial charge in [0.1, 0.15) is 5.82 Å². The van der Waals surface area contributed by atoms with Gasteiger partial charge >= 0.3 is 5.69 Å². The number of hydrogen-bond acceptors (Lipinski definition) is 5. The van der Waals surface area contributed by atoms with Gasteiger partial charge in [0.2, 0.25) is 0 Å². The van der Waals surface area contributed by atoms with Gasteiger partial charge in [0.15, 0.2) is 11.5 Å². The van der Waals surface area contributed by atoms with Crippen LogP contribution in [0.2, 0.25) is 0 Å². The Morgan fingerprint density at radius 2 is 1.67 bits per heavy atom. The van der Waals surface area contributed by atoms with Crippen molar-refractivity contribution in [1.82, 2.24) is 9.55 Å². The number of hydrogen-bond donors (Lipinski definition) is 0. The maximum atomic E-state index is 13.2. The molecular weight excluding hydrogens is 414 g/mol. The van der Waals surface area contributed by atoms with Crippen molar-refractivity contribution in [3.63, 3.8) is 0 Å². The minimum Gasteiger partial charge on any atom is -0.493 e. The molecule has 1 aliphatic rings. The lowest BCUT2D eigenvalue weighted by molar-refractivity contribution is 0.354. The fraction of sp³-hybridized carbons (Fsp3) is 0.407. The number of aromatic nitrogens is 2. The van der Waals surface area contributed by atoms with Gasteiger partial charge in [-0.1, -0.05) is 31.0 Å². The molecule has 1 aromatic heterocycles. The average Bonchev–Trinajstić information content (AvgIpc) is 2.79. The largest absolute Gasteiger partial charge is 0.493 e. The van der Waals surface area contributed by atoms with E-state index >= 15 is 0 Å². The molecule has 1 aliphatic heterocycles. The van der Waals surface area contributed by atoms with Crippen LogP contribution in [0, 0.1) is 20.8 Å². The Labute approximate surface area is 195 Å². The van der Waals surface area contributed by atoms with Gasteiger partial charge in [-0.3, -0.25) is 4.57 Å². The summed E-state index contributed by atoms with van der Waals surface area (Å²) in [5, 5.41) is 0. The summed E-state index contributed by atoms with van der Waals surface area (Å²) in [6.07, 6.45) is 2.82. The van der Waals surface area contributed by atoms with Gasteiger partial charge in [0.25, 0.3) is 0 Å². The van der Waals surface area contributed by atoms with Gasteiger partial charge in [-0.25, -0.2) is 4.79 Å². The summed E-state index contributed by atoms with van der Waals surface area (Å²) in [6.45, 7) is 9.95. The Morgan fingerprint density at radius 1 is 1.00 bits per heavy atom. The second-order valence-corrected chi connectivity index (χ2v) is 8.80. The summed E-state index contributed by atoms with van der Waals surface area (Å²) in [5.74, 6) is 2.05. The molecule has 0 radical (unpaired) electrons. The van der Waals surface area contributed by atoms with Crippen molar-refractivity contribution in [2.45, 2.75) is 53.5 Å². The van der Waals surface area contributed by atoms with E-state index in [1.807, 2.05) is 12.1 Å². The van der Waals surface area contributed by atoms with Gasteiger partial charge in [0.05, 0.1) is 19.9 Å². The molecule has 0 bridgehead atoms. The lowest BCUT2D eigenvalue weighted by Gasteiger charge is -2.29. The fourth-order valence-electron chi connectivity index (χ4n) is 4.93. The van der Waals surface area contributed by atoms with Crippen molar-refractivity contribution >= 4 is 11.5 Å².